The fourth-order valence-electron chi connectivity index (χ4n) is 2.36. The molecule has 2 aromatic carbocycles. The number of hydrogen-bond donors (Lipinski definition) is 0. The molecule has 3 rings (SSSR count). The Balaban J connectivity index is 2.03. The zero-order valence-corrected chi connectivity index (χ0v) is 14.3. The minimum absolute atomic E-state index is 0.0390. The molecule has 0 unspecified atom stereocenters. The Morgan fingerprint density at radius 1 is 1.31 bits per heavy atom. The lowest BCUT2D eigenvalue weighted by Crippen LogP contribution is -2.15. The quantitative estimate of drug-likeness (QED) is 0.308. The van der Waals surface area contributed by atoms with Crippen LogP contribution in [-0.4, -0.2) is 15.4 Å². The smallest absolute Gasteiger partial charge is 0.272 e. The number of non-ortho nitro benzene ring substituents is 1. The highest BCUT2D eigenvalue weighted by atomic mass is 32.1. The molecule has 0 bridgehead atoms. The van der Waals surface area contributed by atoms with Crippen LogP contribution in [0.25, 0.3) is 16.3 Å². The van der Waals surface area contributed by atoms with Gasteiger partial charge < -0.3 is 4.57 Å². The van der Waals surface area contributed by atoms with Gasteiger partial charge in [0.15, 0.2) is 4.80 Å². The predicted octanol–water partition coefficient (Wildman–Crippen LogP) is 3.38. The number of amides is 1. The van der Waals surface area contributed by atoms with Gasteiger partial charge in [0, 0.05) is 18.2 Å². The second-order valence-corrected chi connectivity index (χ2v) is 6.29. The SMILES string of the molecule is C#CCn1c(=NC(=O)C=Cc2ccccc2)sc2ccc([N+](=O)[O-])cc21. The van der Waals surface area contributed by atoms with Crippen LogP contribution in [0.5, 0.6) is 0 Å². The number of carbonyl (C=O) groups is 1. The fourth-order valence-corrected chi connectivity index (χ4v) is 3.38. The van der Waals surface area contributed by atoms with Gasteiger partial charge in [-0.2, -0.15) is 4.99 Å². The number of thiazole rings is 1. The number of aromatic nitrogens is 1. The first kappa shape index (κ1) is 17.3. The molecule has 1 heterocycles. The van der Waals surface area contributed by atoms with E-state index in [0.29, 0.717) is 10.3 Å². The Morgan fingerprint density at radius 3 is 2.77 bits per heavy atom. The van der Waals surface area contributed by atoms with Crippen molar-refractivity contribution in [2.75, 3.05) is 0 Å². The van der Waals surface area contributed by atoms with Crippen molar-refractivity contribution in [3.63, 3.8) is 0 Å². The molecule has 26 heavy (non-hydrogen) atoms. The van der Waals surface area contributed by atoms with E-state index >= 15 is 0 Å². The van der Waals surface area contributed by atoms with Crippen molar-refractivity contribution < 1.29 is 9.72 Å². The third kappa shape index (κ3) is 3.77. The van der Waals surface area contributed by atoms with E-state index in [9.17, 15) is 14.9 Å². The first-order valence-corrected chi connectivity index (χ1v) is 8.43. The molecule has 0 spiro atoms. The minimum Gasteiger partial charge on any atom is -0.304 e. The lowest BCUT2D eigenvalue weighted by Gasteiger charge is -1.99. The molecule has 7 heteroatoms. The molecule has 0 saturated carbocycles. The third-order valence-corrected chi connectivity index (χ3v) is 4.61. The van der Waals surface area contributed by atoms with Gasteiger partial charge in [-0.25, -0.2) is 0 Å². The van der Waals surface area contributed by atoms with Crippen LogP contribution in [-0.2, 0) is 11.3 Å². The van der Waals surface area contributed by atoms with Gasteiger partial charge in [0.05, 0.1) is 21.7 Å². The molecule has 0 atom stereocenters. The molecule has 1 aromatic heterocycles. The van der Waals surface area contributed by atoms with Gasteiger partial charge in [-0.3, -0.25) is 14.9 Å². The number of benzene rings is 2. The van der Waals surface area contributed by atoms with Crippen molar-refractivity contribution in [2.45, 2.75) is 6.54 Å². The summed E-state index contributed by atoms with van der Waals surface area (Å²) in [4.78, 5) is 27.2. The zero-order chi connectivity index (χ0) is 18.5. The summed E-state index contributed by atoms with van der Waals surface area (Å²) in [5, 5.41) is 11.0. The van der Waals surface area contributed by atoms with Gasteiger partial charge in [-0.1, -0.05) is 47.6 Å². The maximum atomic E-state index is 12.2. The third-order valence-electron chi connectivity index (χ3n) is 3.55. The predicted molar refractivity (Wildman–Crippen MR) is 101 cm³/mol. The van der Waals surface area contributed by atoms with Crippen LogP contribution in [0.2, 0.25) is 0 Å². The highest BCUT2D eigenvalue weighted by Gasteiger charge is 2.12. The highest BCUT2D eigenvalue weighted by Crippen LogP contribution is 2.23. The Hall–Kier alpha value is -3.50. The normalized spacial score (nSPS) is 11.7. The molecular formula is C19H13N3O3S. The molecule has 0 fully saturated rings. The number of nitro groups is 1. The number of rotatable bonds is 4. The average molecular weight is 363 g/mol. The van der Waals surface area contributed by atoms with Crippen molar-refractivity contribution in [1.82, 2.24) is 4.57 Å². The van der Waals surface area contributed by atoms with Gasteiger partial charge in [0.1, 0.15) is 0 Å². The fraction of sp³-hybridized carbons (Fsp3) is 0.0526. The number of fused-ring (bicyclic) bond motifs is 1. The summed E-state index contributed by atoms with van der Waals surface area (Å²) >= 11 is 1.26. The summed E-state index contributed by atoms with van der Waals surface area (Å²) in [7, 11) is 0. The van der Waals surface area contributed by atoms with Crippen LogP contribution in [0.1, 0.15) is 5.56 Å². The summed E-state index contributed by atoms with van der Waals surface area (Å²) in [6.07, 6.45) is 8.46. The lowest BCUT2D eigenvalue weighted by atomic mass is 10.2. The van der Waals surface area contributed by atoms with Crippen molar-refractivity contribution >= 4 is 39.2 Å². The van der Waals surface area contributed by atoms with Crippen molar-refractivity contribution in [3.8, 4) is 12.3 Å². The Bertz CT molecular complexity index is 1120. The van der Waals surface area contributed by atoms with Crippen LogP contribution in [0.3, 0.4) is 0 Å². The summed E-state index contributed by atoms with van der Waals surface area (Å²) in [5.41, 5.74) is 1.43. The Kier molecular flexibility index (Phi) is 5.06. The summed E-state index contributed by atoms with van der Waals surface area (Å²) in [6, 6.07) is 13.9. The summed E-state index contributed by atoms with van der Waals surface area (Å²) < 4.78 is 2.39. The van der Waals surface area contributed by atoms with Crippen molar-refractivity contribution in [1.29, 1.82) is 0 Å². The Morgan fingerprint density at radius 2 is 2.08 bits per heavy atom. The van der Waals surface area contributed by atoms with E-state index in [4.69, 9.17) is 6.42 Å². The van der Waals surface area contributed by atoms with E-state index in [0.717, 1.165) is 10.3 Å². The van der Waals surface area contributed by atoms with E-state index < -0.39 is 10.8 Å². The molecule has 0 aliphatic rings. The second-order valence-electron chi connectivity index (χ2n) is 5.28. The summed E-state index contributed by atoms with van der Waals surface area (Å²) in [6.45, 7) is 0.162. The molecule has 0 radical (unpaired) electrons. The molecule has 0 saturated heterocycles. The van der Waals surface area contributed by atoms with Crippen LogP contribution in [0.4, 0.5) is 5.69 Å². The molecule has 128 valence electrons. The molecule has 6 nitrogen and oxygen atoms in total. The molecule has 0 aliphatic heterocycles. The molecule has 0 aliphatic carbocycles. The van der Waals surface area contributed by atoms with Crippen molar-refractivity contribution in [2.24, 2.45) is 4.99 Å². The topological polar surface area (TPSA) is 77.5 Å². The lowest BCUT2D eigenvalue weighted by molar-refractivity contribution is -0.384. The number of hydrogen-bond acceptors (Lipinski definition) is 4. The van der Waals surface area contributed by atoms with Crippen LogP contribution >= 0.6 is 11.3 Å². The maximum Gasteiger partial charge on any atom is 0.272 e. The monoisotopic (exact) mass is 363 g/mol. The molecule has 1 amide bonds. The van der Waals surface area contributed by atoms with Gasteiger partial charge in [0.25, 0.3) is 11.6 Å². The van der Waals surface area contributed by atoms with Crippen LogP contribution < -0.4 is 4.80 Å². The average Bonchev–Trinajstić information content (AvgIpc) is 2.97. The number of terminal acetylenes is 1. The van der Waals surface area contributed by atoms with Gasteiger partial charge >= 0.3 is 0 Å². The first-order chi connectivity index (χ1) is 12.6. The van der Waals surface area contributed by atoms with E-state index in [2.05, 4.69) is 10.9 Å². The number of carbonyl (C=O) groups excluding carboxylic acids is 1. The van der Waals surface area contributed by atoms with Gasteiger partial charge in [-0.05, 0) is 17.7 Å². The van der Waals surface area contributed by atoms with Gasteiger partial charge in [0.2, 0.25) is 0 Å². The molecule has 0 N–H and O–H groups in total. The number of nitrogens with zero attached hydrogens (tertiary/aromatic N) is 3. The second kappa shape index (κ2) is 7.59. The Labute approximate surface area is 152 Å². The summed E-state index contributed by atoms with van der Waals surface area (Å²) in [5.74, 6) is 2.06. The van der Waals surface area contributed by atoms with Crippen molar-refractivity contribution in [3.05, 3.63) is 75.1 Å². The van der Waals surface area contributed by atoms with E-state index in [1.165, 1.54) is 29.5 Å². The number of nitro benzene ring substituents is 1. The van der Waals surface area contributed by atoms with Crippen LogP contribution in [0.15, 0.2) is 59.6 Å². The standard InChI is InChI=1S/C19H13N3O3S/c1-2-12-21-16-13-15(22(24)25)9-10-17(16)26-19(21)20-18(23)11-8-14-6-4-3-5-7-14/h1,3-11,13H,12H2. The largest absolute Gasteiger partial charge is 0.304 e. The minimum atomic E-state index is -0.470. The highest BCUT2D eigenvalue weighted by molar-refractivity contribution is 7.16. The van der Waals surface area contributed by atoms with E-state index in [1.807, 2.05) is 30.3 Å². The molecule has 3 aromatic rings. The van der Waals surface area contributed by atoms with Crippen LogP contribution in [0, 0.1) is 22.5 Å². The van der Waals surface area contributed by atoms with Gasteiger partial charge in [-0.15, -0.1) is 6.42 Å². The maximum absolute atomic E-state index is 12.2. The van der Waals surface area contributed by atoms with E-state index in [1.54, 1.807) is 16.7 Å². The zero-order valence-electron chi connectivity index (χ0n) is 13.5. The first-order valence-electron chi connectivity index (χ1n) is 7.61. The molecular weight excluding hydrogens is 350 g/mol. The van der Waals surface area contributed by atoms with E-state index in [-0.39, 0.29) is 12.2 Å².